The van der Waals surface area contributed by atoms with E-state index >= 15 is 0 Å². The minimum atomic E-state index is 0.648. The van der Waals surface area contributed by atoms with Crippen LogP contribution in [0, 0.1) is 0 Å². The fourth-order valence-corrected chi connectivity index (χ4v) is 1.84. The SMILES string of the molecule is C=CNCN1C[C@@H](C)N(C)[C@@H](C)C1. The summed E-state index contributed by atoms with van der Waals surface area (Å²) in [5.41, 5.74) is 0. The van der Waals surface area contributed by atoms with Gasteiger partial charge in [0.2, 0.25) is 0 Å². The molecule has 0 radical (unpaired) electrons. The minimum absolute atomic E-state index is 0.648. The lowest BCUT2D eigenvalue weighted by atomic mass is 10.1. The molecular weight excluding hydrogens is 162 g/mol. The summed E-state index contributed by atoms with van der Waals surface area (Å²) >= 11 is 0. The van der Waals surface area contributed by atoms with E-state index in [2.05, 4.69) is 42.6 Å². The van der Waals surface area contributed by atoms with Crippen LogP contribution in [0.15, 0.2) is 12.8 Å². The Kier molecular flexibility index (Phi) is 3.75. The summed E-state index contributed by atoms with van der Waals surface area (Å²) < 4.78 is 0. The highest BCUT2D eigenvalue weighted by atomic mass is 15.3. The van der Waals surface area contributed by atoms with E-state index in [1.807, 2.05) is 0 Å². The number of nitrogens with zero attached hydrogens (tertiary/aromatic N) is 2. The Balaban J connectivity index is 2.39. The molecule has 0 unspecified atom stereocenters. The van der Waals surface area contributed by atoms with Gasteiger partial charge in [-0.25, -0.2) is 0 Å². The number of hydrogen-bond donors (Lipinski definition) is 1. The van der Waals surface area contributed by atoms with E-state index in [9.17, 15) is 0 Å². The van der Waals surface area contributed by atoms with E-state index in [1.165, 1.54) is 0 Å². The molecule has 0 spiro atoms. The van der Waals surface area contributed by atoms with Crippen LogP contribution in [0.4, 0.5) is 0 Å². The summed E-state index contributed by atoms with van der Waals surface area (Å²) in [6, 6.07) is 1.30. The first-order valence-corrected chi connectivity index (χ1v) is 4.93. The monoisotopic (exact) mass is 183 g/mol. The Labute approximate surface area is 81.4 Å². The van der Waals surface area contributed by atoms with Crippen LogP contribution in [0.1, 0.15) is 13.8 Å². The molecular formula is C10H21N3. The molecule has 1 rings (SSSR count). The predicted molar refractivity (Wildman–Crippen MR) is 56.5 cm³/mol. The molecule has 13 heavy (non-hydrogen) atoms. The quantitative estimate of drug-likeness (QED) is 0.695. The van der Waals surface area contributed by atoms with Gasteiger partial charge in [0.05, 0.1) is 6.67 Å². The summed E-state index contributed by atoms with van der Waals surface area (Å²) in [6.45, 7) is 11.4. The smallest absolute Gasteiger partial charge is 0.0674 e. The van der Waals surface area contributed by atoms with Crippen LogP contribution in [-0.2, 0) is 0 Å². The average molecular weight is 183 g/mol. The van der Waals surface area contributed by atoms with E-state index < -0.39 is 0 Å². The Morgan fingerprint density at radius 3 is 2.38 bits per heavy atom. The van der Waals surface area contributed by atoms with Crippen LogP contribution in [0.25, 0.3) is 0 Å². The Hall–Kier alpha value is -0.540. The molecule has 0 aromatic heterocycles. The van der Waals surface area contributed by atoms with Gasteiger partial charge in [0, 0.05) is 25.2 Å². The van der Waals surface area contributed by atoms with Crippen molar-refractivity contribution in [1.29, 1.82) is 0 Å². The molecule has 1 heterocycles. The van der Waals surface area contributed by atoms with Gasteiger partial charge < -0.3 is 5.32 Å². The maximum atomic E-state index is 3.65. The van der Waals surface area contributed by atoms with Crippen LogP contribution < -0.4 is 5.32 Å². The molecule has 1 saturated heterocycles. The van der Waals surface area contributed by atoms with Gasteiger partial charge in [-0.15, -0.1) is 0 Å². The molecule has 0 aromatic rings. The highest BCUT2D eigenvalue weighted by Crippen LogP contribution is 2.11. The molecule has 2 atom stereocenters. The molecule has 1 aliphatic rings. The van der Waals surface area contributed by atoms with E-state index in [0.29, 0.717) is 12.1 Å². The molecule has 3 heteroatoms. The lowest BCUT2D eigenvalue weighted by Crippen LogP contribution is -2.56. The van der Waals surface area contributed by atoms with Crippen LogP contribution in [-0.4, -0.2) is 48.7 Å². The Morgan fingerprint density at radius 1 is 1.38 bits per heavy atom. The van der Waals surface area contributed by atoms with Crippen molar-refractivity contribution < 1.29 is 0 Å². The van der Waals surface area contributed by atoms with Crippen molar-refractivity contribution in [3.63, 3.8) is 0 Å². The summed E-state index contributed by atoms with van der Waals surface area (Å²) in [4.78, 5) is 4.86. The predicted octanol–water partition coefficient (Wildman–Crippen LogP) is 0.701. The molecule has 0 aliphatic carbocycles. The highest BCUT2D eigenvalue weighted by molar-refractivity contribution is 4.82. The first-order valence-electron chi connectivity index (χ1n) is 4.93. The lowest BCUT2D eigenvalue weighted by molar-refractivity contribution is 0.0577. The summed E-state index contributed by atoms with van der Waals surface area (Å²) in [7, 11) is 2.20. The molecule has 76 valence electrons. The van der Waals surface area contributed by atoms with Crippen molar-refractivity contribution >= 4 is 0 Å². The van der Waals surface area contributed by atoms with Gasteiger partial charge in [-0.05, 0) is 27.1 Å². The van der Waals surface area contributed by atoms with Crippen LogP contribution in [0.2, 0.25) is 0 Å². The second kappa shape index (κ2) is 4.63. The van der Waals surface area contributed by atoms with Crippen molar-refractivity contribution in [2.24, 2.45) is 0 Å². The molecule has 1 fully saturated rings. The van der Waals surface area contributed by atoms with E-state index in [0.717, 1.165) is 19.8 Å². The first-order chi connectivity index (χ1) is 6.15. The Bertz CT molecular complexity index is 158. The zero-order valence-electron chi connectivity index (χ0n) is 8.95. The van der Waals surface area contributed by atoms with Gasteiger partial charge in [-0.1, -0.05) is 6.58 Å². The van der Waals surface area contributed by atoms with Crippen LogP contribution in [0.3, 0.4) is 0 Å². The third-order valence-electron chi connectivity index (χ3n) is 2.89. The maximum absolute atomic E-state index is 3.65. The van der Waals surface area contributed by atoms with Crippen molar-refractivity contribution in [3.05, 3.63) is 12.8 Å². The van der Waals surface area contributed by atoms with Gasteiger partial charge in [0.25, 0.3) is 0 Å². The second-order valence-electron chi connectivity index (χ2n) is 3.97. The maximum Gasteiger partial charge on any atom is 0.0674 e. The van der Waals surface area contributed by atoms with Gasteiger partial charge in [-0.2, -0.15) is 0 Å². The zero-order chi connectivity index (χ0) is 9.84. The van der Waals surface area contributed by atoms with E-state index in [-0.39, 0.29) is 0 Å². The second-order valence-corrected chi connectivity index (χ2v) is 3.97. The molecule has 0 amide bonds. The van der Waals surface area contributed by atoms with E-state index in [4.69, 9.17) is 0 Å². The van der Waals surface area contributed by atoms with Gasteiger partial charge in [0.15, 0.2) is 0 Å². The normalized spacial score (nSPS) is 31.6. The molecule has 1 aliphatic heterocycles. The standard InChI is InChI=1S/C10H21N3/c1-5-11-8-13-6-9(2)12(4)10(3)7-13/h5,9-11H,1,6-8H2,2-4H3/t9-,10+. The van der Waals surface area contributed by atoms with Crippen LogP contribution >= 0.6 is 0 Å². The van der Waals surface area contributed by atoms with Gasteiger partial charge in [-0.3, -0.25) is 9.80 Å². The van der Waals surface area contributed by atoms with Crippen molar-refractivity contribution in [2.75, 3.05) is 26.8 Å². The number of likely N-dealkylation sites (N-methyl/N-ethyl adjacent to an activating group) is 1. The topological polar surface area (TPSA) is 18.5 Å². The molecule has 1 N–H and O–H groups in total. The number of rotatable bonds is 3. The Morgan fingerprint density at radius 2 is 1.92 bits per heavy atom. The zero-order valence-corrected chi connectivity index (χ0v) is 8.95. The van der Waals surface area contributed by atoms with Crippen molar-refractivity contribution in [2.45, 2.75) is 25.9 Å². The number of piperazine rings is 1. The summed E-state index contributed by atoms with van der Waals surface area (Å²) in [6.07, 6.45) is 1.76. The first kappa shape index (κ1) is 10.5. The summed E-state index contributed by atoms with van der Waals surface area (Å²) in [5, 5.41) is 3.15. The largest absolute Gasteiger partial charge is 0.379 e. The highest BCUT2D eigenvalue weighted by Gasteiger charge is 2.25. The third kappa shape index (κ3) is 2.71. The van der Waals surface area contributed by atoms with E-state index in [1.54, 1.807) is 6.20 Å². The number of hydrogen-bond acceptors (Lipinski definition) is 3. The number of nitrogens with one attached hydrogen (secondary N) is 1. The fraction of sp³-hybridized carbons (Fsp3) is 0.800. The van der Waals surface area contributed by atoms with Crippen LogP contribution in [0.5, 0.6) is 0 Å². The van der Waals surface area contributed by atoms with Crippen molar-refractivity contribution in [1.82, 2.24) is 15.1 Å². The molecule has 0 saturated carbocycles. The minimum Gasteiger partial charge on any atom is -0.379 e. The van der Waals surface area contributed by atoms with Gasteiger partial charge in [0.1, 0.15) is 0 Å². The third-order valence-corrected chi connectivity index (χ3v) is 2.89. The molecule has 0 aromatic carbocycles. The summed E-state index contributed by atoms with van der Waals surface area (Å²) in [5.74, 6) is 0. The molecule has 3 nitrogen and oxygen atoms in total. The van der Waals surface area contributed by atoms with Gasteiger partial charge >= 0.3 is 0 Å². The lowest BCUT2D eigenvalue weighted by Gasteiger charge is -2.42. The average Bonchev–Trinajstić information content (AvgIpc) is 2.10. The van der Waals surface area contributed by atoms with Crippen molar-refractivity contribution in [3.8, 4) is 0 Å². The fourth-order valence-electron chi connectivity index (χ4n) is 1.84. The molecule has 0 bridgehead atoms.